The zero-order valence-corrected chi connectivity index (χ0v) is 13.0. The minimum absolute atomic E-state index is 0.00424. The number of carbonyl (C=O) groups is 2. The maximum absolute atomic E-state index is 11.8. The molecule has 0 aromatic carbocycles. The smallest absolute Gasteiger partial charge is 0.410 e. The number of nitrogens with zero attached hydrogens (tertiary/aromatic N) is 1. The Morgan fingerprint density at radius 2 is 2.10 bits per heavy atom. The summed E-state index contributed by atoms with van der Waals surface area (Å²) in [6.45, 7) is 7.52. The van der Waals surface area contributed by atoms with Gasteiger partial charge in [-0.3, -0.25) is 4.79 Å². The van der Waals surface area contributed by atoms with Gasteiger partial charge in [0.05, 0.1) is 19.3 Å². The highest BCUT2D eigenvalue weighted by Crippen LogP contribution is 2.16. The molecule has 1 aliphatic rings. The number of hydrogen-bond donors (Lipinski definition) is 1. The van der Waals surface area contributed by atoms with Gasteiger partial charge in [-0.2, -0.15) is 0 Å². The summed E-state index contributed by atoms with van der Waals surface area (Å²) in [5.74, 6) is -0.257. The van der Waals surface area contributed by atoms with E-state index in [1.165, 1.54) is 0 Å². The molecule has 0 aromatic rings. The number of rotatable bonds is 5. The topological polar surface area (TPSA) is 67.9 Å². The van der Waals surface area contributed by atoms with Gasteiger partial charge in [-0.25, -0.2) is 4.79 Å². The van der Waals surface area contributed by atoms with Crippen molar-refractivity contribution in [2.45, 2.75) is 38.9 Å². The quantitative estimate of drug-likeness (QED) is 0.615. The van der Waals surface area contributed by atoms with Crippen molar-refractivity contribution in [3.63, 3.8) is 0 Å². The molecule has 1 rings (SSSR count). The molecule has 1 aliphatic heterocycles. The van der Waals surface area contributed by atoms with Crippen LogP contribution in [0.4, 0.5) is 4.79 Å². The van der Waals surface area contributed by atoms with E-state index in [1.54, 1.807) is 4.90 Å². The Bertz CT molecular complexity index is 344. The van der Waals surface area contributed by atoms with Crippen molar-refractivity contribution in [3.05, 3.63) is 0 Å². The van der Waals surface area contributed by atoms with Crippen molar-refractivity contribution in [3.8, 4) is 0 Å². The van der Waals surface area contributed by atoms with E-state index in [-0.39, 0.29) is 24.0 Å². The minimum Gasteiger partial charge on any atom is -0.444 e. The van der Waals surface area contributed by atoms with Crippen LogP contribution in [-0.4, -0.2) is 60.7 Å². The second-order valence-corrected chi connectivity index (χ2v) is 5.96. The molecule has 116 valence electrons. The molecule has 0 radical (unpaired) electrons. The Kier molecular flexibility index (Phi) is 6.55. The van der Waals surface area contributed by atoms with Crippen LogP contribution in [0.3, 0.4) is 0 Å². The van der Waals surface area contributed by atoms with Gasteiger partial charge in [0.25, 0.3) is 0 Å². The lowest BCUT2D eigenvalue weighted by atomic mass is 10.2. The van der Waals surface area contributed by atoms with E-state index in [0.717, 1.165) is 6.42 Å². The van der Waals surface area contributed by atoms with Crippen LogP contribution < -0.4 is 5.32 Å². The van der Waals surface area contributed by atoms with Gasteiger partial charge < -0.3 is 19.7 Å². The third-order valence-electron chi connectivity index (χ3n) is 2.70. The van der Waals surface area contributed by atoms with E-state index in [2.05, 4.69) is 5.32 Å². The van der Waals surface area contributed by atoms with Gasteiger partial charge in [-0.1, -0.05) is 0 Å². The van der Waals surface area contributed by atoms with E-state index in [1.807, 2.05) is 20.8 Å². The molecule has 0 aliphatic carbocycles. The number of alkyl halides is 1. The molecule has 20 heavy (non-hydrogen) atoms. The van der Waals surface area contributed by atoms with Crippen LogP contribution in [0.2, 0.25) is 0 Å². The molecule has 0 aromatic heterocycles. The first-order chi connectivity index (χ1) is 9.31. The zero-order valence-electron chi connectivity index (χ0n) is 12.3. The van der Waals surface area contributed by atoms with Crippen molar-refractivity contribution in [2.75, 3.05) is 32.1 Å². The molecule has 1 heterocycles. The molecule has 0 spiro atoms. The van der Waals surface area contributed by atoms with Gasteiger partial charge in [-0.15, -0.1) is 11.6 Å². The zero-order chi connectivity index (χ0) is 15.2. The van der Waals surface area contributed by atoms with Gasteiger partial charge in [0.2, 0.25) is 5.91 Å². The lowest BCUT2D eigenvalue weighted by molar-refractivity contribution is -0.119. The lowest BCUT2D eigenvalue weighted by Crippen LogP contribution is -2.36. The minimum atomic E-state index is -0.484. The average Bonchev–Trinajstić information content (AvgIpc) is 2.81. The molecule has 1 atom stereocenters. The number of carbonyl (C=O) groups excluding carboxylic acids is 2. The second kappa shape index (κ2) is 7.69. The van der Waals surface area contributed by atoms with Gasteiger partial charge in [0, 0.05) is 13.1 Å². The fourth-order valence-corrected chi connectivity index (χ4v) is 1.91. The third kappa shape index (κ3) is 6.43. The van der Waals surface area contributed by atoms with Crippen LogP contribution in [0.15, 0.2) is 0 Å². The maximum atomic E-state index is 11.8. The number of likely N-dealkylation sites (tertiary alicyclic amines) is 1. The van der Waals surface area contributed by atoms with Gasteiger partial charge in [0.15, 0.2) is 0 Å². The second-order valence-electron chi connectivity index (χ2n) is 5.69. The molecule has 1 fully saturated rings. The Morgan fingerprint density at radius 1 is 1.40 bits per heavy atom. The SMILES string of the molecule is CC(C)(C)OC(=O)N1CCC(OCCNC(=O)CCl)C1. The van der Waals surface area contributed by atoms with Crippen molar-refractivity contribution >= 4 is 23.6 Å². The van der Waals surface area contributed by atoms with Crippen molar-refractivity contribution in [1.29, 1.82) is 0 Å². The predicted molar refractivity (Wildman–Crippen MR) is 75.9 cm³/mol. The highest BCUT2D eigenvalue weighted by Gasteiger charge is 2.30. The molecule has 1 saturated heterocycles. The first-order valence-corrected chi connectivity index (χ1v) is 7.27. The van der Waals surface area contributed by atoms with Crippen molar-refractivity contribution in [1.82, 2.24) is 10.2 Å². The molecule has 1 N–H and O–H groups in total. The number of amides is 2. The number of hydrogen-bond acceptors (Lipinski definition) is 4. The summed E-state index contributed by atoms with van der Waals surface area (Å²) in [6.07, 6.45) is 0.470. The summed E-state index contributed by atoms with van der Waals surface area (Å²) in [5.41, 5.74) is -0.484. The summed E-state index contributed by atoms with van der Waals surface area (Å²) in [5, 5.41) is 2.62. The summed E-state index contributed by atoms with van der Waals surface area (Å²) >= 11 is 5.35. The summed E-state index contributed by atoms with van der Waals surface area (Å²) in [6, 6.07) is 0. The summed E-state index contributed by atoms with van der Waals surface area (Å²) in [4.78, 5) is 24.4. The number of nitrogens with one attached hydrogen (secondary N) is 1. The summed E-state index contributed by atoms with van der Waals surface area (Å²) < 4.78 is 10.9. The Morgan fingerprint density at radius 3 is 2.70 bits per heavy atom. The number of ether oxygens (including phenoxy) is 2. The molecule has 2 amide bonds. The van der Waals surface area contributed by atoms with Gasteiger partial charge >= 0.3 is 6.09 Å². The highest BCUT2D eigenvalue weighted by atomic mass is 35.5. The van der Waals surface area contributed by atoms with Crippen LogP contribution in [0.1, 0.15) is 27.2 Å². The third-order valence-corrected chi connectivity index (χ3v) is 2.94. The van der Waals surface area contributed by atoms with E-state index in [4.69, 9.17) is 21.1 Å². The molecule has 7 heteroatoms. The van der Waals surface area contributed by atoms with Crippen LogP contribution in [0.5, 0.6) is 0 Å². The molecule has 6 nitrogen and oxygen atoms in total. The Hall–Kier alpha value is -1.01. The first kappa shape index (κ1) is 17.0. The summed E-state index contributed by atoms with van der Waals surface area (Å²) in [7, 11) is 0. The molecular weight excluding hydrogens is 284 g/mol. The molecule has 0 saturated carbocycles. The normalized spacial score (nSPS) is 19.0. The Balaban J connectivity index is 2.20. The largest absolute Gasteiger partial charge is 0.444 e. The monoisotopic (exact) mass is 306 g/mol. The van der Waals surface area contributed by atoms with Crippen molar-refractivity contribution in [2.24, 2.45) is 0 Å². The van der Waals surface area contributed by atoms with Crippen LogP contribution in [0, 0.1) is 0 Å². The highest BCUT2D eigenvalue weighted by molar-refractivity contribution is 6.27. The lowest BCUT2D eigenvalue weighted by Gasteiger charge is -2.24. The Labute approximate surface area is 124 Å². The van der Waals surface area contributed by atoms with Crippen LogP contribution >= 0.6 is 11.6 Å². The van der Waals surface area contributed by atoms with Crippen LogP contribution in [-0.2, 0) is 14.3 Å². The fourth-order valence-electron chi connectivity index (χ4n) is 1.82. The van der Waals surface area contributed by atoms with Crippen LogP contribution in [0.25, 0.3) is 0 Å². The van der Waals surface area contributed by atoms with E-state index in [0.29, 0.717) is 26.2 Å². The standard InChI is InChI=1S/C13H23ClN2O4/c1-13(2,3)20-12(18)16-6-4-10(9-16)19-7-5-15-11(17)8-14/h10H,4-9H2,1-3H3,(H,15,17). The van der Waals surface area contributed by atoms with E-state index < -0.39 is 5.60 Å². The molecule has 0 bridgehead atoms. The van der Waals surface area contributed by atoms with Gasteiger partial charge in [-0.05, 0) is 27.2 Å². The van der Waals surface area contributed by atoms with E-state index >= 15 is 0 Å². The first-order valence-electron chi connectivity index (χ1n) is 6.74. The fraction of sp³-hybridized carbons (Fsp3) is 0.846. The van der Waals surface area contributed by atoms with Crippen molar-refractivity contribution < 1.29 is 19.1 Å². The predicted octanol–water partition coefficient (Wildman–Crippen LogP) is 1.37. The molecule has 1 unspecified atom stereocenters. The average molecular weight is 307 g/mol. The number of halogens is 1. The van der Waals surface area contributed by atoms with Gasteiger partial charge in [0.1, 0.15) is 11.5 Å². The maximum Gasteiger partial charge on any atom is 0.410 e. The van der Waals surface area contributed by atoms with E-state index in [9.17, 15) is 9.59 Å². The molecular formula is C13H23ClN2O4.